The van der Waals surface area contributed by atoms with Crippen molar-refractivity contribution in [3.63, 3.8) is 0 Å². The Bertz CT molecular complexity index is 785. The Kier molecular flexibility index (Phi) is 5.38. The predicted octanol–water partition coefficient (Wildman–Crippen LogP) is 2.59. The van der Waals surface area contributed by atoms with Crippen LogP contribution < -0.4 is 10.1 Å². The number of amides is 1. The fraction of sp³-hybridized carbons (Fsp3) is 0.550. The van der Waals surface area contributed by atoms with E-state index in [0.29, 0.717) is 24.3 Å². The monoisotopic (exact) mass is 370 g/mol. The molecule has 2 fully saturated rings. The van der Waals surface area contributed by atoms with Crippen LogP contribution in [-0.4, -0.2) is 53.7 Å². The Labute approximate surface area is 159 Å². The number of aromatic nitrogens is 2. The third-order valence-corrected chi connectivity index (χ3v) is 5.48. The van der Waals surface area contributed by atoms with E-state index >= 15 is 0 Å². The lowest BCUT2D eigenvalue weighted by atomic mass is 10.1. The number of likely N-dealkylation sites (tertiary alicyclic amines) is 1. The normalized spacial score (nSPS) is 20.9. The molecule has 1 aliphatic carbocycles. The molecule has 1 aromatic carbocycles. The molecule has 0 spiro atoms. The zero-order valence-electron chi connectivity index (χ0n) is 15.7. The molecule has 1 atom stereocenters. The summed E-state index contributed by atoms with van der Waals surface area (Å²) >= 11 is 0. The molecular weight excluding hydrogens is 344 g/mol. The second kappa shape index (κ2) is 8.08. The smallest absolute Gasteiger partial charge is 0.234 e. The molecule has 1 aliphatic heterocycles. The first-order chi connectivity index (χ1) is 13.2. The summed E-state index contributed by atoms with van der Waals surface area (Å²) < 4.78 is 10.8. The van der Waals surface area contributed by atoms with Gasteiger partial charge in [0.25, 0.3) is 0 Å². The molecule has 1 aromatic heterocycles. The van der Waals surface area contributed by atoms with Gasteiger partial charge in [0.15, 0.2) is 0 Å². The summed E-state index contributed by atoms with van der Waals surface area (Å²) in [5, 5.41) is 7.27. The number of hydrogen-bond donors (Lipinski definition) is 1. The zero-order chi connectivity index (χ0) is 18.6. The van der Waals surface area contributed by atoms with Crippen molar-refractivity contribution < 1.29 is 14.1 Å². The number of nitrogens with zero attached hydrogens (tertiary/aromatic N) is 3. The van der Waals surface area contributed by atoms with E-state index in [1.54, 1.807) is 7.11 Å². The van der Waals surface area contributed by atoms with Crippen LogP contribution in [0.5, 0.6) is 5.75 Å². The minimum Gasteiger partial charge on any atom is -0.497 e. The maximum Gasteiger partial charge on any atom is 0.234 e. The van der Waals surface area contributed by atoms with Crippen LogP contribution in [0.15, 0.2) is 28.8 Å². The summed E-state index contributed by atoms with van der Waals surface area (Å²) in [6, 6.07) is 7.99. The standard InChI is InChI=1S/C20H26N4O3/c1-26-17-8-4-5-14(11-17)19-22-20(27-23-19)15-9-10-24(12-15)13-18(25)21-16-6-2-3-7-16/h4-5,8,11,15-16H,2-3,6-7,9-10,12-13H2,1H3,(H,21,25)/t15-/m1/s1. The molecule has 4 rings (SSSR count). The summed E-state index contributed by atoms with van der Waals surface area (Å²) in [5.41, 5.74) is 0.871. The summed E-state index contributed by atoms with van der Waals surface area (Å²) in [5.74, 6) is 2.29. The Balaban J connectivity index is 1.33. The van der Waals surface area contributed by atoms with Gasteiger partial charge in [0.05, 0.1) is 19.6 Å². The molecule has 1 saturated heterocycles. The van der Waals surface area contributed by atoms with Crippen LogP contribution in [0.2, 0.25) is 0 Å². The number of hydrogen-bond acceptors (Lipinski definition) is 6. The molecule has 144 valence electrons. The first-order valence-corrected chi connectivity index (χ1v) is 9.71. The summed E-state index contributed by atoms with van der Waals surface area (Å²) in [6.45, 7) is 2.10. The van der Waals surface area contributed by atoms with Crippen LogP contribution in [0.3, 0.4) is 0 Å². The lowest BCUT2D eigenvalue weighted by Gasteiger charge is -2.17. The largest absolute Gasteiger partial charge is 0.497 e. The van der Waals surface area contributed by atoms with Crippen molar-refractivity contribution in [3.8, 4) is 17.1 Å². The van der Waals surface area contributed by atoms with Gasteiger partial charge in [-0.1, -0.05) is 30.1 Å². The van der Waals surface area contributed by atoms with Crippen LogP contribution in [0.25, 0.3) is 11.4 Å². The Hall–Kier alpha value is -2.41. The van der Waals surface area contributed by atoms with Gasteiger partial charge in [0.1, 0.15) is 5.75 Å². The van der Waals surface area contributed by atoms with E-state index in [1.165, 1.54) is 12.8 Å². The molecule has 2 aliphatic rings. The molecule has 0 bridgehead atoms. The van der Waals surface area contributed by atoms with Gasteiger partial charge in [-0.05, 0) is 37.9 Å². The lowest BCUT2D eigenvalue weighted by Crippen LogP contribution is -2.40. The number of ether oxygens (including phenoxy) is 1. The fourth-order valence-electron chi connectivity index (χ4n) is 4.00. The van der Waals surface area contributed by atoms with Crippen LogP contribution in [0, 0.1) is 0 Å². The van der Waals surface area contributed by atoms with Gasteiger partial charge in [-0.25, -0.2) is 0 Å². The Morgan fingerprint density at radius 2 is 2.19 bits per heavy atom. The van der Waals surface area contributed by atoms with Crippen molar-refractivity contribution in [2.75, 3.05) is 26.7 Å². The van der Waals surface area contributed by atoms with Gasteiger partial charge in [0.2, 0.25) is 17.6 Å². The van der Waals surface area contributed by atoms with Gasteiger partial charge < -0.3 is 14.6 Å². The second-order valence-corrected chi connectivity index (χ2v) is 7.46. The molecule has 7 nitrogen and oxygen atoms in total. The van der Waals surface area contributed by atoms with Crippen LogP contribution >= 0.6 is 0 Å². The number of carbonyl (C=O) groups is 1. The molecule has 27 heavy (non-hydrogen) atoms. The van der Waals surface area contributed by atoms with Crippen molar-refractivity contribution in [3.05, 3.63) is 30.2 Å². The van der Waals surface area contributed by atoms with Crippen LogP contribution in [-0.2, 0) is 4.79 Å². The van der Waals surface area contributed by atoms with Gasteiger partial charge in [-0.2, -0.15) is 4.98 Å². The first-order valence-electron chi connectivity index (χ1n) is 9.71. The highest BCUT2D eigenvalue weighted by Gasteiger charge is 2.30. The SMILES string of the molecule is COc1cccc(-c2noc([C@@H]3CCN(CC(=O)NC4CCCC4)C3)n2)c1. The highest BCUT2D eigenvalue weighted by atomic mass is 16.5. The molecule has 2 heterocycles. The molecule has 7 heteroatoms. The van der Waals surface area contributed by atoms with E-state index in [1.807, 2.05) is 24.3 Å². The summed E-state index contributed by atoms with van der Waals surface area (Å²) in [7, 11) is 1.64. The number of nitrogens with one attached hydrogen (secondary N) is 1. The van der Waals surface area contributed by atoms with Crippen molar-refractivity contribution >= 4 is 5.91 Å². The molecule has 0 unspecified atom stereocenters. The highest BCUT2D eigenvalue weighted by Crippen LogP contribution is 2.28. The number of benzene rings is 1. The third-order valence-electron chi connectivity index (χ3n) is 5.48. The minimum atomic E-state index is 0.130. The maximum atomic E-state index is 12.2. The minimum absolute atomic E-state index is 0.130. The van der Waals surface area contributed by atoms with Crippen molar-refractivity contribution in [1.29, 1.82) is 0 Å². The summed E-state index contributed by atoms with van der Waals surface area (Å²) in [4.78, 5) is 19.0. The predicted molar refractivity (Wildman–Crippen MR) is 100 cm³/mol. The topological polar surface area (TPSA) is 80.5 Å². The molecular formula is C20H26N4O3. The van der Waals surface area contributed by atoms with Crippen molar-refractivity contribution in [1.82, 2.24) is 20.4 Å². The molecule has 2 aromatic rings. The van der Waals surface area contributed by atoms with E-state index in [4.69, 9.17) is 9.26 Å². The maximum absolute atomic E-state index is 12.2. The summed E-state index contributed by atoms with van der Waals surface area (Å²) in [6.07, 6.45) is 5.61. The molecule has 0 radical (unpaired) electrons. The van der Waals surface area contributed by atoms with Gasteiger partial charge >= 0.3 is 0 Å². The highest BCUT2D eigenvalue weighted by molar-refractivity contribution is 5.78. The average molecular weight is 370 g/mol. The van der Waals surface area contributed by atoms with Gasteiger partial charge in [0, 0.05) is 18.2 Å². The quantitative estimate of drug-likeness (QED) is 0.842. The Morgan fingerprint density at radius 1 is 1.33 bits per heavy atom. The third kappa shape index (κ3) is 4.30. The zero-order valence-corrected chi connectivity index (χ0v) is 15.7. The second-order valence-electron chi connectivity index (χ2n) is 7.46. The Morgan fingerprint density at radius 3 is 3.00 bits per heavy atom. The van der Waals surface area contributed by atoms with Gasteiger partial charge in [-0.3, -0.25) is 9.69 Å². The van der Waals surface area contributed by atoms with E-state index in [2.05, 4.69) is 20.4 Å². The first kappa shape index (κ1) is 18.0. The number of methoxy groups -OCH3 is 1. The molecule has 1 N–H and O–H groups in total. The van der Waals surface area contributed by atoms with Crippen molar-refractivity contribution in [2.24, 2.45) is 0 Å². The average Bonchev–Trinajstić information content (AvgIpc) is 3.43. The van der Waals surface area contributed by atoms with Crippen molar-refractivity contribution in [2.45, 2.75) is 44.1 Å². The van der Waals surface area contributed by atoms with E-state index in [9.17, 15) is 4.79 Å². The van der Waals surface area contributed by atoms with Crippen LogP contribution in [0.1, 0.15) is 43.9 Å². The molecule has 1 saturated carbocycles. The number of rotatable bonds is 6. The lowest BCUT2D eigenvalue weighted by molar-refractivity contribution is -0.122. The van der Waals surface area contributed by atoms with E-state index in [-0.39, 0.29) is 11.8 Å². The van der Waals surface area contributed by atoms with Crippen LogP contribution in [0.4, 0.5) is 0 Å². The van der Waals surface area contributed by atoms with E-state index < -0.39 is 0 Å². The molecule has 1 amide bonds. The van der Waals surface area contributed by atoms with E-state index in [0.717, 1.165) is 43.7 Å². The number of carbonyl (C=O) groups excluding carboxylic acids is 1. The van der Waals surface area contributed by atoms with Gasteiger partial charge in [-0.15, -0.1) is 0 Å². The fourth-order valence-corrected chi connectivity index (χ4v) is 4.00.